The fraction of sp³-hybridized carbons (Fsp3) is 0.300. The summed E-state index contributed by atoms with van der Waals surface area (Å²) in [6.07, 6.45) is 0. The van der Waals surface area contributed by atoms with Gasteiger partial charge in [-0.1, -0.05) is 12.1 Å². The number of benzene rings is 1. The van der Waals surface area contributed by atoms with Crippen LogP contribution in [0.25, 0.3) is 11.4 Å². The molecule has 0 atom stereocenters. The Morgan fingerprint density at radius 3 is 3.06 bits per heavy atom. The van der Waals surface area contributed by atoms with E-state index < -0.39 is 0 Å². The zero-order valence-corrected chi connectivity index (χ0v) is 9.00. The first-order valence-electron chi connectivity index (χ1n) is 4.92. The van der Waals surface area contributed by atoms with E-state index >= 15 is 0 Å². The van der Waals surface area contributed by atoms with E-state index in [4.69, 9.17) is 10.5 Å². The largest absolute Gasteiger partial charge is 0.399 e. The van der Waals surface area contributed by atoms with Crippen molar-refractivity contribution in [2.75, 3.05) is 19.5 Å². The van der Waals surface area contributed by atoms with Crippen molar-refractivity contribution in [3.8, 4) is 11.4 Å². The van der Waals surface area contributed by atoms with Crippen molar-refractivity contribution in [1.82, 2.24) is 20.2 Å². The number of rotatable bonds is 4. The smallest absolute Gasteiger partial charge is 0.204 e. The Balaban J connectivity index is 2.18. The van der Waals surface area contributed by atoms with E-state index in [1.807, 2.05) is 24.3 Å². The number of hydrogen-bond donors (Lipinski definition) is 1. The molecule has 6 heteroatoms. The van der Waals surface area contributed by atoms with Gasteiger partial charge in [-0.25, -0.2) is 0 Å². The molecule has 0 unspecified atom stereocenters. The van der Waals surface area contributed by atoms with Crippen molar-refractivity contribution in [1.29, 1.82) is 0 Å². The van der Waals surface area contributed by atoms with Crippen LogP contribution < -0.4 is 5.73 Å². The highest BCUT2D eigenvalue weighted by Crippen LogP contribution is 2.16. The number of nitrogens with two attached hydrogens (primary N) is 1. The van der Waals surface area contributed by atoms with Crippen LogP contribution >= 0.6 is 0 Å². The number of nitrogen functional groups attached to an aromatic ring is 1. The van der Waals surface area contributed by atoms with Gasteiger partial charge in [0.2, 0.25) is 5.82 Å². The van der Waals surface area contributed by atoms with Crippen LogP contribution in [-0.2, 0) is 11.3 Å². The van der Waals surface area contributed by atoms with Gasteiger partial charge in [0.25, 0.3) is 0 Å². The molecule has 16 heavy (non-hydrogen) atoms. The maximum Gasteiger partial charge on any atom is 0.204 e. The number of ether oxygens (including phenoxy) is 1. The fourth-order valence-corrected chi connectivity index (χ4v) is 1.30. The molecule has 0 spiro atoms. The van der Waals surface area contributed by atoms with E-state index in [1.54, 1.807) is 7.11 Å². The predicted octanol–water partition coefficient (Wildman–Crippen LogP) is 0.569. The molecule has 0 saturated heterocycles. The summed E-state index contributed by atoms with van der Waals surface area (Å²) in [6, 6.07) is 7.39. The Morgan fingerprint density at radius 2 is 2.31 bits per heavy atom. The third-order valence-electron chi connectivity index (χ3n) is 2.09. The molecule has 6 nitrogen and oxygen atoms in total. The highest BCUT2D eigenvalue weighted by molar-refractivity contribution is 5.60. The summed E-state index contributed by atoms with van der Waals surface area (Å²) in [4.78, 5) is 1.50. The van der Waals surface area contributed by atoms with Crippen LogP contribution in [0.4, 0.5) is 5.69 Å². The molecule has 2 rings (SSSR count). The van der Waals surface area contributed by atoms with Gasteiger partial charge in [0, 0.05) is 18.4 Å². The Bertz CT molecular complexity index is 468. The Kier molecular flexibility index (Phi) is 3.11. The van der Waals surface area contributed by atoms with Gasteiger partial charge < -0.3 is 10.5 Å². The molecule has 1 aromatic carbocycles. The average molecular weight is 219 g/mol. The average Bonchev–Trinajstić information content (AvgIpc) is 2.75. The number of aromatic nitrogens is 4. The van der Waals surface area contributed by atoms with Crippen molar-refractivity contribution >= 4 is 5.69 Å². The minimum absolute atomic E-state index is 0.562. The summed E-state index contributed by atoms with van der Waals surface area (Å²) >= 11 is 0. The number of methoxy groups -OCH3 is 1. The first-order valence-corrected chi connectivity index (χ1v) is 4.92. The quantitative estimate of drug-likeness (QED) is 0.760. The summed E-state index contributed by atoms with van der Waals surface area (Å²) in [5.74, 6) is 0.573. The van der Waals surface area contributed by atoms with Crippen molar-refractivity contribution < 1.29 is 4.74 Å². The molecule has 0 amide bonds. The molecular formula is C10H13N5O. The molecule has 0 fully saturated rings. The van der Waals surface area contributed by atoms with Crippen LogP contribution in [0.5, 0.6) is 0 Å². The van der Waals surface area contributed by atoms with Crippen LogP contribution in [0.15, 0.2) is 24.3 Å². The summed E-state index contributed by atoms with van der Waals surface area (Å²) in [5, 5.41) is 12.1. The Hall–Kier alpha value is -1.95. The van der Waals surface area contributed by atoms with E-state index in [0.29, 0.717) is 24.7 Å². The van der Waals surface area contributed by atoms with Crippen LogP contribution in [0, 0.1) is 0 Å². The molecule has 0 aliphatic rings. The fourth-order valence-electron chi connectivity index (χ4n) is 1.30. The predicted molar refractivity (Wildman–Crippen MR) is 59.5 cm³/mol. The minimum atomic E-state index is 0.562. The number of anilines is 1. The highest BCUT2D eigenvalue weighted by Gasteiger charge is 2.05. The van der Waals surface area contributed by atoms with Crippen LogP contribution in [0.1, 0.15) is 0 Å². The van der Waals surface area contributed by atoms with E-state index in [0.717, 1.165) is 5.56 Å². The third-order valence-corrected chi connectivity index (χ3v) is 2.09. The minimum Gasteiger partial charge on any atom is -0.399 e. The van der Waals surface area contributed by atoms with Gasteiger partial charge in [-0.05, 0) is 17.3 Å². The van der Waals surface area contributed by atoms with Gasteiger partial charge in [0.1, 0.15) is 0 Å². The van der Waals surface area contributed by atoms with Crippen molar-refractivity contribution in [2.24, 2.45) is 0 Å². The van der Waals surface area contributed by atoms with E-state index in [1.165, 1.54) is 4.80 Å². The first-order chi connectivity index (χ1) is 7.79. The molecule has 0 saturated carbocycles. The number of nitrogens with zero attached hydrogens (tertiary/aromatic N) is 4. The standard InChI is InChI=1S/C10H13N5O/c1-16-6-5-15-13-10(12-14-15)8-3-2-4-9(11)7-8/h2-4,7H,5-6,11H2,1H3. The monoisotopic (exact) mass is 219 g/mol. The van der Waals surface area contributed by atoms with E-state index in [9.17, 15) is 0 Å². The van der Waals surface area contributed by atoms with Crippen LogP contribution in [-0.4, -0.2) is 33.9 Å². The lowest BCUT2D eigenvalue weighted by atomic mass is 10.2. The molecule has 0 aliphatic heterocycles. The van der Waals surface area contributed by atoms with Gasteiger partial charge in [-0.15, -0.1) is 10.2 Å². The topological polar surface area (TPSA) is 78.8 Å². The zero-order chi connectivity index (χ0) is 11.4. The Labute approximate surface area is 93.0 Å². The van der Waals surface area contributed by atoms with Gasteiger partial charge >= 0.3 is 0 Å². The molecule has 84 valence electrons. The number of hydrogen-bond acceptors (Lipinski definition) is 5. The molecule has 0 bridgehead atoms. The zero-order valence-electron chi connectivity index (χ0n) is 9.00. The second-order valence-electron chi connectivity index (χ2n) is 3.33. The highest BCUT2D eigenvalue weighted by atomic mass is 16.5. The van der Waals surface area contributed by atoms with Gasteiger partial charge in [-0.3, -0.25) is 0 Å². The molecule has 0 aliphatic carbocycles. The molecule has 2 aromatic rings. The van der Waals surface area contributed by atoms with Gasteiger partial charge in [-0.2, -0.15) is 4.80 Å². The lowest BCUT2D eigenvalue weighted by Crippen LogP contribution is -2.07. The molecule has 2 N–H and O–H groups in total. The third kappa shape index (κ3) is 2.34. The first kappa shape index (κ1) is 10.6. The summed E-state index contributed by atoms with van der Waals surface area (Å²) < 4.78 is 4.93. The van der Waals surface area contributed by atoms with Gasteiger partial charge in [0.05, 0.1) is 13.2 Å². The maximum atomic E-state index is 5.68. The van der Waals surface area contributed by atoms with E-state index in [-0.39, 0.29) is 0 Å². The Morgan fingerprint density at radius 1 is 1.44 bits per heavy atom. The second-order valence-corrected chi connectivity index (χ2v) is 3.33. The maximum absolute atomic E-state index is 5.68. The molecular weight excluding hydrogens is 206 g/mol. The molecule has 0 radical (unpaired) electrons. The van der Waals surface area contributed by atoms with Crippen molar-refractivity contribution in [2.45, 2.75) is 6.54 Å². The van der Waals surface area contributed by atoms with Gasteiger partial charge in [0.15, 0.2) is 0 Å². The lowest BCUT2D eigenvalue weighted by Gasteiger charge is -1.97. The molecule has 1 aromatic heterocycles. The summed E-state index contributed by atoms with van der Waals surface area (Å²) in [6.45, 7) is 1.15. The summed E-state index contributed by atoms with van der Waals surface area (Å²) in [5.41, 5.74) is 7.23. The van der Waals surface area contributed by atoms with Crippen molar-refractivity contribution in [3.63, 3.8) is 0 Å². The molecule has 1 heterocycles. The van der Waals surface area contributed by atoms with Crippen LogP contribution in [0.3, 0.4) is 0 Å². The normalized spacial score (nSPS) is 10.6. The van der Waals surface area contributed by atoms with Crippen molar-refractivity contribution in [3.05, 3.63) is 24.3 Å². The van der Waals surface area contributed by atoms with Crippen LogP contribution in [0.2, 0.25) is 0 Å². The second kappa shape index (κ2) is 4.71. The SMILES string of the molecule is COCCn1nnc(-c2cccc(N)c2)n1. The number of tetrazole rings is 1. The lowest BCUT2D eigenvalue weighted by molar-refractivity contribution is 0.178. The van der Waals surface area contributed by atoms with E-state index in [2.05, 4.69) is 15.4 Å². The summed E-state index contributed by atoms with van der Waals surface area (Å²) in [7, 11) is 1.63.